The first kappa shape index (κ1) is 22.5. The van der Waals surface area contributed by atoms with Crippen molar-refractivity contribution in [1.29, 1.82) is 0 Å². The van der Waals surface area contributed by atoms with Crippen LogP contribution in [0, 0.1) is 0 Å². The molecular formula is C24H24N6O5. The van der Waals surface area contributed by atoms with Gasteiger partial charge in [0.25, 0.3) is 5.91 Å². The van der Waals surface area contributed by atoms with Crippen molar-refractivity contribution in [3.8, 4) is 0 Å². The zero-order chi connectivity index (χ0) is 24.4. The predicted octanol–water partition coefficient (Wildman–Crippen LogP) is 1.97. The van der Waals surface area contributed by atoms with Gasteiger partial charge in [0.05, 0.1) is 24.1 Å². The number of carbonyl (C=O) groups is 2. The third kappa shape index (κ3) is 4.85. The third-order valence-corrected chi connectivity index (χ3v) is 5.92. The number of nitrogens with zero attached hydrogens (tertiary/aromatic N) is 5. The van der Waals surface area contributed by atoms with Crippen LogP contribution < -0.4 is 5.32 Å². The number of nitrogens with one attached hydrogen (secondary N) is 1. The van der Waals surface area contributed by atoms with E-state index in [1.54, 1.807) is 16.9 Å². The Morgan fingerprint density at radius 2 is 2.00 bits per heavy atom. The highest BCUT2D eigenvalue weighted by atomic mass is 16.4. The van der Waals surface area contributed by atoms with Gasteiger partial charge in [-0.25, -0.2) is 9.48 Å². The number of amides is 1. The van der Waals surface area contributed by atoms with Gasteiger partial charge in [-0.2, -0.15) is 5.10 Å². The maximum absolute atomic E-state index is 12.6. The second-order valence-electron chi connectivity index (χ2n) is 8.40. The average molecular weight is 476 g/mol. The normalized spacial score (nSPS) is 13.5. The van der Waals surface area contributed by atoms with Gasteiger partial charge in [-0.15, -0.1) is 5.10 Å². The van der Waals surface area contributed by atoms with Gasteiger partial charge >= 0.3 is 5.97 Å². The van der Waals surface area contributed by atoms with E-state index in [0.29, 0.717) is 42.2 Å². The van der Waals surface area contributed by atoms with E-state index in [-0.39, 0.29) is 24.4 Å². The van der Waals surface area contributed by atoms with Crippen molar-refractivity contribution < 1.29 is 24.2 Å². The Morgan fingerprint density at radius 1 is 1.17 bits per heavy atom. The van der Waals surface area contributed by atoms with Crippen molar-refractivity contribution in [2.45, 2.75) is 45.0 Å². The van der Waals surface area contributed by atoms with Gasteiger partial charge in [0.15, 0.2) is 5.76 Å². The minimum Gasteiger partial charge on any atom is -0.478 e. The fraction of sp³-hybridized carbons (Fsp3) is 0.292. The summed E-state index contributed by atoms with van der Waals surface area (Å²) in [5, 5.41) is 35.1. The summed E-state index contributed by atoms with van der Waals surface area (Å²) in [6, 6.07) is 12.8. The number of benzene rings is 1. The summed E-state index contributed by atoms with van der Waals surface area (Å²) in [6.45, 7) is 0.899. The molecule has 180 valence electrons. The van der Waals surface area contributed by atoms with Gasteiger partial charge in [-0.1, -0.05) is 35.5 Å². The molecule has 1 aromatic carbocycles. The molecule has 1 atom stereocenters. The third-order valence-electron chi connectivity index (χ3n) is 5.92. The number of aromatic carboxylic acids is 1. The zero-order valence-electron chi connectivity index (χ0n) is 18.8. The number of aromatic nitrogens is 5. The number of fused-ring (bicyclic) bond motifs is 1. The molecule has 35 heavy (non-hydrogen) atoms. The molecule has 0 aliphatic carbocycles. The molecule has 0 saturated carbocycles. The van der Waals surface area contributed by atoms with Gasteiger partial charge < -0.3 is 19.9 Å². The molecule has 5 rings (SSSR count). The largest absolute Gasteiger partial charge is 0.478 e. The van der Waals surface area contributed by atoms with Gasteiger partial charge in [0.1, 0.15) is 29.7 Å². The average Bonchev–Trinajstić information content (AvgIpc) is 3.62. The van der Waals surface area contributed by atoms with Crippen molar-refractivity contribution in [3.63, 3.8) is 0 Å². The first-order chi connectivity index (χ1) is 17.0. The molecule has 3 aromatic heterocycles. The van der Waals surface area contributed by atoms with Crippen molar-refractivity contribution in [2.24, 2.45) is 0 Å². The van der Waals surface area contributed by atoms with Gasteiger partial charge in [0, 0.05) is 13.0 Å². The van der Waals surface area contributed by atoms with Crippen LogP contribution in [-0.2, 0) is 32.5 Å². The van der Waals surface area contributed by atoms with Crippen LogP contribution in [0.1, 0.15) is 61.8 Å². The summed E-state index contributed by atoms with van der Waals surface area (Å²) in [7, 11) is 0. The molecule has 1 aliphatic rings. The number of hydrogen-bond acceptors (Lipinski definition) is 7. The minimum absolute atomic E-state index is 0.0117. The lowest BCUT2D eigenvalue weighted by molar-refractivity contribution is 0.0693. The van der Waals surface area contributed by atoms with E-state index < -0.39 is 18.0 Å². The maximum Gasteiger partial charge on any atom is 0.339 e. The van der Waals surface area contributed by atoms with Gasteiger partial charge in [-0.05, 0) is 30.5 Å². The second-order valence-corrected chi connectivity index (χ2v) is 8.40. The maximum atomic E-state index is 12.6. The first-order valence-electron chi connectivity index (χ1n) is 11.3. The summed E-state index contributed by atoms with van der Waals surface area (Å²) >= 11 is 0. The number of carboxylic acids is 1. The molecule has 1 aliphatic heterocycles. The summed E-state index contributed by atoms with van der Waals surface area (Å²) in [5.74, 6) is -0.943. The molecule has 0 saturated heterocycles. The molecule has 0 radical (unpaired) electrons. The fourth-order valence-electron chi connectivity index (χ4n) is 4.24. The molecule has 0 spiro atoms. The van der Waals surface area contributed by atoms with Crippen LogP contribution in [0.3, 0.4) is 0 Å². The van der Waals surface area contributed by atoms with Crippen LogP contribution >= 0.6 is 0 Å². The van der Waals surface area contributed by atoms with E-state index in [1.807, 2.05) is 30.3 Å². The lowest BCUT2D eigenvalue weighted by atomic mass is 10.1. The Balaban J connectivity index is 1.19. The number of carbonyl (C=O) groups excluding carboxylic acids is 1. The minimum atomic E-state index is -1.04. The Morgan fingerprint density at radius 3 is 2.80 bits per heavy atom. The Bertz CT molecular complexity index is 1360. The SMILES string of the molecule is O=C(NCc1nn2c(c1C(=O)O)CCC2)c1ccc(Cn2cc(C(O)Cc3ccccc3)nn2)o1. The van der Waals surface area contributed by atoms with Crippen molar-refractivity contribution >= 4 is 11.9 Å². The molecule has 1 unspecified atom stereocenters. The fourth-order valence-corrected chi connectivity index (χ4v) is 4.24. The quantitative estimate of drug-likeness (QED) is 0.332. The van der Waals surface area contributed by atoms with Crippen LogP contribution in [0.25, 0.3) is 0 Å². The molecule has 11 nitrogen and oxygen atoms in total. The summed E-state index contributed by atoms with van der Waals surface area (Å²) < 4.78 is 8.85. The first-order valence-corrected chi connectivity index (χ1v) is 11.3. The number of rotatable bonds is 9. The lowest BCUT2D eigenvalue weighted by Crippen LogP contribution is -2.23. The van der Waals surface area contributed by atoms with Gasteiger partial charge in [-0.3, -0.25) is 9.48 Å². The molecule has 0 bridgehead atoms. The van der Waals surface area contributed by atoms with Crippen molar-refractivity contribution in [3.05, 3.63) is 88.4 Å². The summed E-state index contributed by atoms with van der Waals surface area (Å²) in [4.78, 5) is 24.2. The van der Waals surface area contributed by atoms with E-state index in [0.717, 1.165) is 12.0 Å². The van der Waals surface area contributed by atoms with Crippen molar-refractivity contribution in [1.82, 2.24) is 30.1 Å². The van der Waals surface area contributed by atoms with Crippen LogP contribution in [0.2, 0.25) is 0 Å². The Labute approximate surface area is 200 Å². The number of furan rings is 1. The highest BCUT2D eigenvalue weighted by molar-refractivity contribution is 5.92. The van der Waals surface area contributed by atoms with E-state index in [2.05, 4.69) is 20.7 Å². The zero-order valence-corrected chi connectivity index (χ0v) is 18.8. The molecule has 3 N–H and O–H groups in total. The van der Waals surface area contributed by atoms with Crippen LogP contribution in [-0.4, -0.2) is 46.9 Å². The smallest absolute Gasteiger partial charge is 0.339 e. The Kier molecular flexibility index (Phi) is 6.15. The topological polar surface area (TPSA) is 148 Å². The second kappa shape index (κ2) is 9.55. The number of aliphatic hydroxyl groups excluding tert-OH is 1. The number of aliphatic hydroxyl groups is 1. The standard InChI is InChI=1S/C24H24N6O5/c31-20(11-15-5-2-1-3-6-15)18-14-29(28-26-18)13-16-8-9-21(35-16)23(32)25-12-17-22(24(33)34)19-7-4-10-30(19)27-17/h1-3,5-6,8-9,14,20,31H,4,7,10-13H2,(H,25,32)(H,33,34). The molecule has 11 heteroatoms. The van der Waals surface area contributed by atoms with Crippen molar-refractivity contribution in [2.75, 3.05) is 0 Å². The monoisotopic (exact) mass is 476 g/mol. The van der Waals surface area contributed by atoms with Crippen LogP contribution in [0.15, 0.2) is 53.1 Å². The van der Waals surface area contributed by atoms with Gasteiger partial charge in [0.2, 0.25) is 0 Å². The Hall–Kier alpha value is -4.25. The highest BCUT2D eigenvalue weighted by Crippen LogP contribution is 2.22. The predicted molar refractivity (Wildman–Crippen MR) is 122 cm³/mol. The number of hydrogen-bond donors (Lipinski definition) is 3. The summed E-state index contributed by atoms with van der Waals surface area (Å²) in [6.07, 6.45) is 2.81. The van der Waals surface area contributed by atoms with E-state index >= 15 is 0 Å². The summed E-state index contributed by atoms with van der Waals surface area (Å²) in [5.41, 5.74) is 2.63. The number of carboxylic acid groups (broad SMARTS) is 1. The van der Waals surface area contributed by atoms with E-state index in [1.165, 1.54) is 10.7 Å². The molecule has 0 fully saturated rings. The molecular weight excluding hydrogens is 452 g/mol. The van der Waals surface area contributed by atoms with Crippen LogP contribution in [0.5, 0.6) is 0 Å². The molecule has 4 heterocycles. The molecule has 4 aromatic rings. The van der Waals surface area contributed by atoms with E-state index in [9.17, 15) is 19.8 Å². The van der Waals surface area contributed by atoms with E-state index in [4.69, 9.17) is 4.42 Å². The number of aryl methyl sites for hydroxylation is 1. The lowest BCUT2D eigenvalue weighted by Gasteiger charge is -2.06. The molecule has 1 amide bonds. The van der Waals surface area contributed by atoms with Crippen LogP contribution in [0.4, 0.5) is 0 Å². The highest BCUT2D eigenvalue weighted by Gasteiger charge is 2.26.